The van der Waals surface area contributed by atoms with Crippen molar-refractivity contribution in [1.29, 1.82) is 0 Å². The normalized spacial score (nSPS) is 15.5. The number of carboxylic acids is 1. The molecule has 1 heterocycles. The fraction of sp³-hybridized carbons (Fsp3) is 0.429. The number of aromatic nitrogens is 2. The van der Waals surface area contributed by atoms with Crippen LogP contribution in [0.5, 0.6) is 0 Å². The van der Waals surface area contributed by atoms with Crippen molar-refractivity contribution in [2.45, 2.75) is 18.9 Å². The number of nitrogens with zero attached hydrogens (tertiary/aromatic N) is 1. The fourth-order valence-corrected chi connectivity index (χ4v) is 0.923. The first kappa shape index (κ1) is 8.73. The molecular formula is C7H11N3O2. The summed E-state index contributed by atoms with van der Waals surface area (Å²) < 4.78 is 0. The Labute approximate surface area is 69.6 Å². The number of aromatic amines is 1. The fourth-order valence-electron chi connectivity index (χ4n) is 0.923. The molecule has 1 aromatic rings. The molecule has 0 aliphatic rings. The van der Waals surface area contributed by atoms with Gasteiger partial charge in [-0.1, -0.05) is 6.92 Å². The van der Waals surface area contributed by atoms with E-state index in [1.807, 2.05) is 0 Å². The van der Waals surface area contributed by atoms with Crippen LogP contribution >= 0.6 is 0 Å². The lowest BCUT2D eigenvalue weighted by atomic mass is 10.0. The smallest absolute Gasteiger partial charge is 0.321 e. The van der Waals surface area contributed by atoms with Crippen molar-refractivity contribution in [2.24, 2.45) is 5.73 Å². The van der Waals surface area contributed by atoms with Crippen LogP contribution in [0.1, 0.15) is 18.5 Å². The van der Waals surface area contributed by atoms with Crippen molar-refractivity contribution in [1.82, 2.24) is 9.97 Å². The van der Waals surface area contributed by atoms with E-state index in [1.165, 1.54) is 6.33 Å². The van der Waals surface area contributed by atoms with E-state index in [1.54, 1.807) is 13.1 Å². The number of carbonyl (C=O) groups is 1. The number of nitrogens with two attached hydrogens (primary N) is 1. The van der Waals surface area contributed by atoms with E-state index < -0.39 is 12.0 Å². The second-order valence-electron chi connectivity index (χ2n) is 2.66. The third kappa shape index (κ3) is 1.62. The number of nitrogens with one attached hydrogen (secondary N) is 1. The van der Waals surface area contributed by atoms with Gasteiger partial charge in [-0.3, -0.25) is 4.79 Å². The Bertz CT molecular complexity index is 258. The Balaban J connectivity index is 2.71. The molecule has 0 spiro atoms. The number of hydrogen-bond donors (Lipinski definition) is 3. The minimum atomic E-state index is -1.00. The molecule has 0 amide bonds. The van der Waals surface area contributed by atoms with Crippen LogP contribution in [0.25, 0.3) is 0 Å². The highest BCUT2D eigenvalue weighted by atomic mass is 16.4. The van der Waals surface area contributed by atoms with Crippen LogP contribution in [0.3, 0.4) is 0 Å². The van der Waals surface area contributed by atoms with Crippen molar-refractivity contribution >= 4 is 5.97 Å². The SMILES string of the molecule is CC(c1cnc[nH]1)[C@H](N)C(=O)O. The van der Waals surface area contributed by atoms with Gasteiger partial charge in [0.15, 0.2) is 0 Å². The second kappa shape index (κ2) is 3.36. The van der Waals surface area contributed by atoms with Gasteiger partial charge >= 0.3 is 5.97 Å². The van der Waals surface area contributed by atoms with Crippen molar-refractivity contribution < 1.29 is 9.90 Å². The number of carboxylic acid groups (broad SMARTS) is 1. The maximum Gasteiger partial charge on any atom is 0.321 e. The first-order valence-electron chi connectivity index (χ1n) is 3.59. The van der Waals surface area contributed by atoms with E-state index in [9.17, 15) is 4.79 Å². The van der Waals surface area contributed by atoms with Crippen LogP contribution in [0.4, 0.5) is 0 Å². The molecule has 1 unspecified atom stereocenters. The summed E-state index contributed by atoms with van der Waals surface area (Å²) in [6.45, 7) is 1.74. The van der Waals surface area contributed by atoms with Crippen LogP contribution in [-0.2, 0) is 4.79 Å². The van der Waals surface area contributed by atoms with Crippen LogP contribution < -0.4 is 5.73 Å². The molecule has 0 saturated carbocycles. The van der Waals surface area contributed by atoms with Crippen molar-refractivity contribution in [3.8, 4) is 0 Å². The van der Waals surface area contributed by atoms with Gasteiger partial charge < -0.3 is 15.8 Å². The van der Waals surface area contributed by atoms with Gasteiger partial charge in [0.25, 0.3) is 0 Å². The molecule has 0 aliphatic carbocycles. The molecule has 0 radical (unpaired) electrons. The predicted molar refractivity (Wildman–Crippen MR) is 42.6 cm³/mol. The molecule has 0 bridgehead atoms. The van der Waals surface area contributed by atoms with Gasteiger partial charge in [0, 0.05) is 17.8 Å². The maximum absolute atomic E-state index is 10.5. The molecule has 66 valence electrons. The second-order valence-corrected chi connectivity index (χ2v) is 2.66. The highest BCUT2D eigenvalue weighted by Gasteiger charge is 2.22. The lowest BCUT2D eigenvalue weighted by molar-refractivity contribution is -0.139. The summed E-state index contributed by atoms with van der Waals surface area (Å²) in [5, 5.41) is 8.59. The first-order chi connectivity index (χ1) is 5.63. The minimum Gasteiger partial charge on any atom is -0.480 e. The first-order valence-corrected chi connectivity index (χ1v) is 3.59. The topological polar surface area (TPSA) is 92.0 Å². The van der Waals surface area contributed by atoms with E-state index >= 15 is 0 Å². The summed E-state index contributed by atoms with van der Waals surface area (Å²) in [6, 6.07) is -0.884. The van der Waals surface area contributed by atoms with E-state index in [2.05, 4.69) is 9.97 Å². The molecule has 0 aromatic carbocycles. The van der Waals surface area contributed by atoms with E-state index in [4.69, 9.17) is 10.8 Å². The Kier molecular flexibility index (Phi) is 2.44. The van der Waals surface area contributed by atoms with Crippen molar-refractivity contribution in [2.75, 3.05) is 0 Å². The maximum atomic E-state index is 10.5. The number of rotatable bonds is 3. The van der Waals surface area contributed by atoms with Gasteiger partial charge in [-0.2, -0.15) is 0 Å². The zero-order valence-electron chi connectivity index (χ0n) is 6.69. The Hall–Kier alpha value is -1.36. The van der Waals surface area contributed by atoms with Gasteiger partial charge in [-0.15, -0.1) is 0 Å². The molecule has 0 saturated heterocycles. The van der Waals surface area contributed by atoms with Crippen molar-refractivity contribution in [3.63, 3.8) is 0 Å². The molecule has 1 rings (SSSR count). The van der Waals surface area contributed by atoms with Crippen LogP contribution in [0.2, 0.25) is 0 Å². The van der Waals surface area contributed by atoms with Gasteiger partial charge in [0.1, 0.15) is 6.04 Å². The monoisotopic (exact) mass is 169 g/mol. The zero-order valence-corrected chi connectivity index (χ0v) is 6.69. The Morgan fingerprint density at radius 1 is 1.83 bits per heavy atom. The molecule has 4 N–H and O–H groups in total. The predicted octanol–water partition coefficient (Wildman–Crippen LogP) is -0.0749. The largest absolute Gasteiger partial charge is 0.480 e. The summed E-state index contributed by atoms with van der Waals surface area (Å²) >= 11 is 0. The molecule has 0 fully saturated rings. The number of hydrogen-bond acceptors (Lipinski definition) is 3. The Morgan fingerprint density at radius 3 is 2.92 bits per heavy atom. The Morgan fingerprint density at radius 2 is 2.50 bits per heavy atom. The number of aliphatic carboxylic acids is 1. The summed E-state index contributed by atoms with van der Waals surface area (Å²) in [6.07, 6.45) is 3.08. The average Bonchev–Trinajstić information content (AvgIpc) is 2.53. The lowest BCUT2D eigenvalue weighted by Crippen LogP contribution is -2.35. The standard InChI is InChI=1S/C7H11N3O2/c1-4(6(8)7(11)12)5-2-9-3-10-5/h2-4,6H,8H2,1H3,(H,9,10)(H,11,12)/t4?,6-/m0/s1. The highest BCUT2D eigenvalue weighted by Crippen LogP contribution is 2.14. The molecule has 5 nitrogen and oxygen atoms in total. The van der Waals surface area contributed by atoms with E-state index in [-0.39, 0.29) is 5.92 Å². The lowest BCUT2D eigenvalue weighted by Gasteiger charge is -2.13. The minimum absolute atomic E-state index is 0.245. The van der Waals surface area contributed by atoms with E-state index in [0.717, 1.165) is 5.69 Å². The quantitative estimate of drug-likeness (QED) is 0.590. The summed E-state index contributed by atoms with van der Waals surface area (Å²) in [7, 11) is 0. The summed E-state index contributed by atoms with van der Waals surface area (Å²) in [5.41, 5.74) is 6.14. The molecule has 2 atom stereocenters. The van der Waals surface area contributed by atoms with Gasteiger partial charge in [0.05, 0.1) is 6.33 Å². The van der Waals surface area contributed by atoms with Gasteiger partial charge in [-0.25, -0.2) is 4.98 Å². The van der Waals surface area contributed by atoms with Crippen molar-refractivity contribution in [3.05, 3.63) is 18.2 Å². The van der Waals surface area contributed by atoms with Crippen LogP contribution in [0.15, 0.2) is 12.5 Å². The molecule has 0 aliphatic heterocycles. The van der Waals surface area contributed by atoms with Crippen LogP contribution in [-0.4, -0.2) is 27.1 Å². The van der Waals surface area contributed by atoms with Gasteiger partial charge in [-0.05, 0) is 0 Å². The molecule has 12 heavy (non-hydrogen) atoms. The number of imidazole rings is 1. The molecule has 5 heteroatoms. The average molecular weight is 169 g/mol. The molecule has 1 aromatic heterocycles. The number of H-pyrrole nitrogens is 1. The summed E-state index contributed by atoms with van der Waals surface area (Å²) in [5.74, 6) is -1.25. The molecular weight excluding hydrogens is 158 g/mol. The van der Waals surface area contributed by atoms with Gasteiger partial charge in [0.2, 0.25) is 0 Å². The third-order valence-corrected chi connectivity index (χ3v) is 1.83. The van der Waals surface area contributed by atoms with Crippen LogP contribution in [0, 0.1) is 0 Å². The zero-order chi connectivity index (χ0) is 9.14. The summed E-state index contributed by atoms with van der Waals surface area (Å²) in [4.78, 5) is 17.1. The van der Waals surface area contributed by atoms with E-state index in [0.29, 0.717) is 0 Å². The highest BCUT2D eigenvalue weighted by molar-refractivity contribution is 5.74. The third-order valence-electron chi connectivity index (χ3n) is 1.83.